The number of unbranched alkanes of at least 4 members (excludes halogenated alkanes) is 5. The summed E-state index contributed by atoms with van der Waals surface area (Å²) in [5.41, 5.74) is 0.556. The standard InChI is InChI=1S/C24H36F2O2/c1-2-3-4-5-6-7-8-18-9-11-19(12-10-18)21-16-27-24(28-17-21)20-13-14-22(25)23(26)15-20/h13-15,18-19,21,24H,2-12,16-17H2,1H3/t18-,19-,21-,24-. The first-order chi connectivity index (χ1) is 13.7. The van der Waals surface area contributed by atoms with Crippen molar-refractivity contribution in [3.05, 3.63) is 35.4 Å². The molecule has 0 radical (unpaired) electrons. The van der Waals surface area contributed by atoms with E-state index in [0.29, 0.717) is 30.6 Å². The SMILES string of the molecule is CCCCCCCC[C@H]1CC[C@H]([C@H]2CO[C@H](c3ccc(F)c(F)c3)OC2)CC1. The molecule has 3 rings (SSSR count). The van der Waals surface area contributed by atoms with Crippen LogP contribution in [-0.4, -0.2) is 13.2 Å². The van der Waals surface area contributed by atoms with E-state index in [1.165, 1.54) is 82.8 Å². The molecule has 1 saturated heterocycles. The Labute approximate surface area is 169 Å². The number of rotatable bonds is 9. The molecule has 4 heteroatoms. The maximum Gasteiger partial charge on any atom is 0.183 e. The van der Waals surface area contributed by atoms with Gasteiger partial charge >= 0.3 is 0 Å². The van der Waals surface area contributed by atoms with Crippen LogP contribution in [0.3, 0.4) is 0 Å². The van der Waals surface area contributed by atoms with Gasteiger partial charge in [0.25, 0.3) is 0 Å². The molecule has 1 heterocycles. The van der Waals surface area contributed by atoms with Crippen molar-refractivity contribution in [3.8, 4) is 0 Å². The summed E-state index contributed by atoms with van der Waals surface area (Å²) in [4.78, 5) is 0. The molecule has 2 aliphatic rings. The zero-order valence-corrected chi connectivity index (χ0v) is 17.3. The second-order valence-corrected chi connectivity index (χ2v) is 8.77. The van der Waals surface area contributed by atoms with Gasteiger partial charge in [-0.15, -0.1) is 0 Å². The van der Waals surface area contributed by atoms with Crippen LogP contribution in [0, 0.1) is 29.4 Å². The second-order valence-electron chi connectivity index (χ2n) is 8.77. The molecule has 0 unspecified atom stereocenters. The summed E-state index contributed by atoms with van der Waals surface area (Å²) in [5.74, 6) is 0.316. The largest absolute Gasteiger partial charge is 0.348 e. The number of hydrogen-bond acceptors (Lipinski definition) is 2. The summed E-state index contributed by atoms with van der Waals surface area (Å²) in [6, 6.07) is 3.85. The molecule has 1 aromatic carbocycles. The monoisotopic (exact) mass is 394 g/mol. The molecule has 2 nitrogen and oxygen atoms in total. The molecule has 1 aromatic rings. The van der Waals surface area contributed by atoms with Crippen molar-refractivity contribution in [2.24, 2.45) is 17.8 Å². The summed E-state index contributed by atoms with van der Waals surface area (Å²) in [7, 11) is 0. The van der Waals surface area contributed by atoms with Gasteiger partial charge in [-0.2, -0.15) is 0 Å². The van der Waals surface area contributed by atoms with Gasteiger partial charge in [0.05, 0.1) is 13.2 Å². The van der Waals surface area contributed by atoms with E-state index in [0.717, 1.165) is 12.0 Å². The third kappa shape index (κ3) is 6.25. The Bertz CT molecular complexity index is 576. The number of halogens is 2. The lowest BCUT2D eigenvalue weighted by atomic mass is 9.74. The number of ether oxygens (including phenoxy) is 2. The van der Waals surface area contributed by atoms with Crippen molar-refractivity contribution in [2.45, 2.75) is 83.8 Å². The summed E-state index contributed by atoms with van der Waals surface area (Å²) in [5, 5.41) is 0. The van der Waals surface area contributed by atoms with E-state index in [-0.39, 0.29) is 0 Å². The van der Waals surface area contributed by atoms with Gasteiger partial charge in [0.2, 0.25) is 0 Å². The summed E-state index contributed by atoms with van der Waals surface area (Å²) in [6.45, 7) is 3.57. The van der Waals surface area contributed by atoms with Gasteiger partial charge in [-0.3, -0.25) is 0 Å². The van der Waals surface area contributed by atoms with Crippen molar-refractivity contribution in [1.29, 1.82) is 0 Å². The molecule has 0 bridgehead atoms. The highest BCUT2D eigenvalue weighted by molar-refractivity contribution is 5.19. The fraction of sp³-hybridized carbons (Fsp3) is 0.750. The number of benzene rings is 1. The van der Waals surface area contributed by atoms with Crippen LogP contribution in [0.15, 0.2) is 18.2 Å². The van der Waals surface area contributed by atoms with E-state index in [9.17, 15) is 8.78 Å². The normalized spacial score (nSPS) is 28.4. The van der Waals surface area contributed by atoms with E-state index in [1.54, 1.807) is 0 Å². The third-order valence-electron chi connectivity index (χ3n) is 6.66. The van der Waals surface area contributed by atoms with Crippen LogP contribution in [0.1, 0.15) is 89.4 Å². The highest BCUT2D eigenvalue weighted by Gasteiger charge is 2.32. The van der Waals surface area contributed by atoms with Crippen LogP contribution in [0.2, 0.25) is 0 Å². The average molecular weight is 395 g/mol. The van der Waals surface area contributed by atoms with E-state index < -0.39 is 17.9 Å². The molecule has 0 spiro atoms. The molecule has 28 heavy (non-hydrogen) atoms. The summed E-state index contributed by atoms with van der Waals surface area (Å²) < 4.78 is 38.2. The lowest BCUT2D eigenvalue weighted by molar-refractivity contribution is -0.214. The maximum atomic E-state index is 13.4. The predicted octanol–water partition coefficient (Wildman–Crippen LogP) is 7.18. The highest BCUT2D eigenvalue weighted by Crippen LogP contribution is 2.38. The van der Waals surface area contributed by atoms with Crippen LogP contribution >= 0.6 is 0 Å². The first-order valence-corrected chi connectivity index (χ1v) is 11.4. The number of hydrogen-bond donors (Lipinski definition) is 0. The highest BCUT2D eigenvalue weighted by atomic mass is 19.2. The van der Waals surface area contributed by atoms with Gasteiger partial charge in [-0.25, -0.2) is 8.78 Å². The summed E-state index contributed by atoms with van der Waals surface area (Å²) in [6.07, 6.45) is 14.3. The molecule has 0 amide bonds. The minimum atomic E-state index is -0.851. The van der Waals surface area contributed by atoms with E-state index >= 15 is 0 Å². The first-order valence-electron chi connectivity index (χ1n) is 11.4. The zero-order valence-electron chi connectivity index (χ0n) is 17.3. The first kappa shape index (κ1) is 21.7. The molecule has 0 aromatic heterocycles. The Morgan fingerprint density at radius 1 is 0.821 bits per heavy atom. The van der Waals surface area contributed by atoms with Gasteiger partial charge in [-0.05, 0) is 36.8 Å². The van der Waals surface area contributed by atoms with Crippen molar-refractivity contribution >= 4 is 0 Å². The fourth-order valence-electron chi connectivity index (χ4n) is 4.80. The second kappa shape index (κ2) is 11.3. The molecule has 0 N–H and O–H groups in total. The Kier molecular flexibility index (Phi) is 8.72. The Hall–Kier alpha value is -1.00. The van der Waals surface area contributed by atoms with Crippen molar-refractivity contribution in [3.63, 3.8) is 0 Å². The van der Waals surface area contributed by atoms with Crippen LogP contribution in [0.4, 0.5) is 8.78 Å². The topological polar surface area (TPSA) is 18.5 Å². The Morgan fingerprint density at radius 2 is 1.50 bits per heavy atom. The van der Waals surface area contributed by atoms with Gasteiger partial charge < -0.3 is 9.47 Å². The van der Waals surface area contributed by atoms with Crippen LogP contribution in [0.5, 0.6) is 0 Å². The minimum Gasteiger partial charge on any atom is -0.348 e. The lowest BCUT2D eigenvalue weighted by Gasteiger charge is -2.38. The van der Waals surface area contributed by atoms with Crippen LogP contribution in [-0.2, 0) is 9.47 Å². The average Bonchev–Trinajstić information content (AvgIpc) is 2.73. The van der Waals surface area contributed by atoms with Crippen molar-refractivity contribution in [1.82, 2.24) is 0 Å². The zero-order chi connectivity index (χ0) is 19.8. The van der Waals surface area contributed by atoms with Crippen LogP contribution in [0.25, 0.3) is 0 Å². The lowest BCUT2D eigenvalue weighted by Crippen LogP contribution is -2.34. The summed E-state index contributed by atoms with van der Waals surface area (Å²) >= 11 is 0. The van der Waals surface area contributed by atoms with E-state index in [2.05, 4.69) is 6.92 Å². The van der Waals surface area contributed by atoms with Crippen molar-refractivity contribution < 1.29 is 18.3 Å². The maximum absolute atomic E-state index is 13.4. The molecule has 1 aliphatic heterocycles. The van der Waals surface area contributed by atoms with Gasteiger partial charge in [0.1, 0.15) is 0 Å². The molecular weight excluding hydrogens is 358 g/mol. The van der Waals surface area contributed by atoms with Gasteiger partial charge in [0.15, 0.2) is 17.9 Å². The molecular formula is C24H36F2O2. The molecule has 1 aliphatic carbocycles. The molecule has 158 valence electrons. The fourth-order valence-corrected chi connectivity index (χ4v) is 4.80. The third-order valence-corrected chi connectivity index (χ3v) is 6.66. The Balaban J connectivity index is 1.33. The van der Waals surface area contributed by atoms with Gasteiger partial charge in [-0.1, -0.05) is 70.8 Å². The molecule has 2 fully saturated rings. The Morgan fingerprint density at radius 3 is 2.18 bits per heavy atom. The van der Waals surface area contributed by atoms with Gasteiger partial charge in [0, 0.05) is 11.5 Å². The molecule has 0 atom stereocenters. The van der Waals surface area contributed by atoms with E-state index in [1.807, 2.05) is 0 Å². The minimum absolute atomic E-state index is 0.427. The van der Waals surface area contributed by atoms with Crippen molar-refractivity contribution in [2.75, 3.05) is 13.2 Å². The van der Waals surface area contributed by atoms with Crippen LogP contribution < -0.4 is 0 Å². The van der Waals surface area contributed by atoms with E-state index in [4.69, 9.17) is 9.47 Å². The predicted molar refractivity (Wildman–Crippen MR) is 108 cm³/mol. The smallest absolute Gasteiger partial charge is 0.183 e. The quantitative estimate of drug-likeness (QED) is 0.413. The molecule has 1 saturated carbocycles.